The SMILES string of the molecule is CN1C(=O)C[C@@H](C(=O)O)[C@H]1c1ccc2c(c1)OCO2. The van der Waals surface area contributed by atoms with E-state index < -0.39 is 17.9 Å². The van der Waals surface area contributed by atoms with Gasteiger partial charge in [0.05, 0.1) is 12.0 Å². The first kappa shape index (κ1) is 11.8. The van der Waals surface area contributed by atoms with Crippen molar-refractivity contribution < 1.29 is 24.2 Å². The minimum atomic E-state index is -0.958. The summed E-state index contributed by atoms with van der Waals surface area (Å²) in [5.41, 5.74) is 0.755. The minimum Gasteiger partial charge on any atom is -0.481 e. The molecule has 100 valence electrons. The molecule has 0 aromatic heterocycles. The number of carbonyl (C=O) groups excluding carboxylic acids is 1. The van der Waals surface area contributed by atoms with Crippen molar-refractivity contribution in [1.29, 1.82) is 0 Å². The van der Waals surface area contributed by atoms with Crippen molar-refractivity contribution in [2.45, 2.75) is 12.5 Å². The van der Waals surface area contributed by atoms with Gasteiger partial charge >= 0.3 is 5.97 Å². The highest BCUT2D eigenvalue weighted by Gasteiger charge is 2.43. The van der Waals surface area contributed by atoms with Crippen molar-refractivity contribution in [2.75, 3.05) is 13.8 Å². The molecule has 2 aliphatic rings. The van der Waals surface area contributed by atoms with E-state index in [1.807, 2.05) is 0 Å². The molecular formula is C13H13NO5. The first-order valence-electron chi connectivity index (χ1n) is 5.96. The number of hydrogen-bond donors (Lipinski definition) is 1. The van der Waals surface area contributed by atoms with Crippen molar-refractivity contribution in [2.24, 2.45) is 5.92 Å². The van der Waals surface area contributed by atoms with Gasteiger partial charge in [-0.05, 0) is 17.7 Å². The van der Waals surface area contributed by atoms with Crippen LogP contribution in [0.1, 0.15) is 18.0 Å². The van der Waals surface area contributed by atoms with E-state index in [2.05, 4.69) is 0 Å². The summed E-state index contributed by atoms with van der Waals surface area (Å²) in [5, 5.41) is 9.24. The summed E-state index contributed by atoms with van der Waals surface area (Å²) in [6.07, 6.45) is 0.0327. The Labute approximate surface area is 109 Å². The van der Waals surface area contributed by atoms with Gasteiger partial charge in [-0.2, -0.15) is 0 Å². The number of carboxylic acids is 1. The first-order valence-corrected chi connectivity index (χ1v) is 5.96. The van der Waals surface area contributed by atoms with Gasteiger partial charge in [-0.3, -0.25) is 9.59 Å². The lowest BCUT2D eigenvalue weighted by Crippen LogP contribution is -2.26. The molecule has 0 bridgehead atoms. The number of likely N-dealkylation sites (tertiary alicyclic amines) is 1. The normalized spacial score (nSPS) is 24.9. The largest absolute Gasteiger partial charge is 0.481 e. The van der Waals surface area contributed by atoms with Crippen LogP contribution in [-0.4, -0.2) is 35.7 Å². The fourth-order valence-electron chi connectivity index (χ4n) is 2.64. The molecule has 6 heteroatoms. The number of amides is 1. The number of ether oxygens (including phenoxy) is 2. The Kier molecular flexibility index (Phi) is 2.58. The van der Waals surface area contributed by atoms with Crippen LogP contribution in [0.25, 0.3) is 0 Å². The zero-order valence-corrected chi connectivity index (χ0v) is 10.3. The summed E-state index contributed by atoms with van der Waals surface area (Å²) in [4.78, 5) is 24.5. The molecule has 3 rings (SSSR count). The molecule has 1 aromatic carbocycles. The molecule has 2 aliphatic heterocycles. The average molecular weight is 263 g/mol. The molecule has 6 nitrogen and oxygen atoms in total. The number of carbonyl (C=O) groups is 2. The fraction of sp³-hybridized carbons (Fsp3) is 0.385. The molecule has 1 saturated heterocycles. The zero-order valence-electron chi connectivity index (χ0n) is 10.3. The van der Waals surface area contributed by atoms with Crippen LogP contribution >= 0.6 is 0 Å². The third-order valence-electron chi connectivity index (χ3n) is 3.64. The second-order valence-electron chi connectivity index (χ2n) is 4.71. The smallest absolute Gasteiger partial charge is 0.309 e. The van der Waals surface area contributed by atoms with E-state index in [0.29, 0.717) is 11.5 Å². The molecule has 19 heavy (non-hydrogen) atoms. The van der Waals surface area contributed by atoms with E-state index in [4.69, 9.17) is 9.47 Å². The van der Waals surface area contributed by atoms with Gasteiger partial charge < -0.3 is 19.5 Å². The Morgan fingerprint density at radius 2 is 2.11 bits per heavy atom. The van der Waals surface area contributed by atoms with Gasteiger partial charge in [-0.1, -0.05) is 6.07 Å². The van der Waals surface area contributed by atoms with Gasteiger partial charge in [-0.25, -0.2) is 0 Å². The monoisotopic (exact) mass is 263 g/mol. The molecule has 2 heterocycles. The van der Waals surface area contributed by atoms with Gasteiger partial charge in [0.1, 0.15) is 0 Å². The Bertz CT molecular complexity index is 556. The van der Waals surface area contributed by atoms with Crippen LogP contribution in [0.15, 0.2) is 18.2 Å². The molecule has 0 aliphatic carbocycles. The maximum Gasteiger partial charge on any atom is 0.309 e. The van der Waals surface area contributed by atoms with Gasteiger partial charge in [0.15, 0.2) is 11.5 Å². The summed E-state index contributed by atoms with van der Waals surface area (Å²) in [6, 6.07) is 4.81. The highest BCUT2D eigenvalue weighted by molar-refractivity contribution is 5.87. The van der Waals surface area contributed by atoms with E-state index in [0.717, 1.165) is 5.56 Å². The lowest BCUT2D eigenvalue weighted by Gasteiger charge is -2.23. The van der Waals surface area contributed by atoms with Gasteiger partial charge in [0, 0.05) is 13.5 Å². The highest BCUT2D eigenvalue weighted by Crippen LogP contribution is 2.41. The van der Waals surface area contributed by atoms with Gasteiger partial charge in [0.2, 0.25) is 12.7 Å². The summed E-state index contributed by atoms with van der Waals surface area (Å²) >= 11 is 0. The summed E-state index contributed by atoms with van der Waals surface area (Å²) in [6.45, 7) is 0.167. The van der Waals surface area contributed by atoms with Gasteiger partial charge in [0.25, 0.3) is 0 Å². The van der Waals surface area contributed by atoms with Crippen LogP contribution in [0.5, 0.6) is 11.5 Å². The quantitative estimate of drug-likeness (QED) is 0.862. The number of rotatable bonds is 2. The number of carboxylic acid groups (broad SMARTS) is 1. The Morgan fingerprint density at radius 1 is 1.37 bits per heavy atom. The summed E-state index contributed by atoms with van der Waals surface area (Å²) in [5.74, 6) is -0.606. The molecule has 1 fully saturated rings. The highest BCUT2D eigenvalue weighted by atomic mass is 16.7. The number of nitrogens with zero attached hydrogens (tertiary/aromatic N) is 1. The van der Waals surface area contributed by atoms with Gasteiger partial charge in [-0.15, -0.1) is 0 Å². The van der Waals surface area contributed by atoms with Crippen LogP contribution in [-0.2, 0) is 9.59 Å². The van der Waals surface area contributed by atoms with E-state index in [-0.39, 0.29) is 19.1 Å². The van der Waals surface area contributed by atoms with Crippen molar-refractivity contribution in [1.82, 2.24) is 4.90 Å². The standard InChI is InChI=1S/C13H13NO5/c1-14-11(15)5-8(13(16)17)12(14)7-2-3-9-10(4-7)19-6-18-9/h2-4,8,12H,5-6H2,1H3,(H,16,17)/t8-,12-/m1/s1. The molecular weight excluding hydrogens is 250 g/mol. The van der Waals surface area contributed by atoms with E-state index in [9.17, 15) is 14.7 Å². The fourth-order valence-corrected chi connectivity index (χ4v) is 2.64. The number of fused-ring (bicyclic) bond motifs is 1. The van der Waals surface area contributed by atoms with Crippen molar-refractivity contribution in [3.8, 4) is 11.5 Å². The van der Waals surface area contributed by atoms with E-state index in [1.54, 1.807) is 25.2 Å². The second kappa shape index (κ2) is 4.15. The first-order chi connectivity index (χ1) is 9.08. The van der Waals surface area contributed by atoms with E-state index in [1.165, 1.54) is 4.90 Å². The van der Waals surface area contributed by atoms with Crippen LogP contribution in [0.3, 0.4) is 0 Å². The van der Waals surface area contributed by atoms with Crippen molar-refractivity contribution >= 4 is 11.9 Å². The van der Waals surface area contributed by atoms with Crippen molar-refractivity contribution in [3.63, 3.8) is 0 Å². The summed E-state index contributed by atoms with van der Waals surface area (Å²) in [7, 11) is 1.63. The molecule has 0 saturated carbocycles. The van der Waals surface area contributed by atoms with Crippen LogP contribution in [0, 0.1) is 5.92 Å². The average Bonchev–Trinajstić information content (AvgIpc) is 2.94. The number of benzene rings is 1. The third kappa shape index (κ3) is 1.80. The Hall–Kier alpha value is -2.24. The van der Waals surface area contributed by atoms with Crippen LogP contribution in [0.4, 0.5) is 0 Å². The molecule has 2 atom stereocenters. The predicted octanol–water partition coefficient (Wildman–Crippen LogP) is 1.02. The summed E-state index contributed by atoms with van der Waals surface area (Å²) < 4.78 is 10.5. The molecule has 0 radical (unpaired) electrons. The van der Waals surface area contributed by atoms with Crippen molar-refractivity contribution in [3.05, 3.63) is 23.8 Å². The molecule has 1 amide bonds. The minimum absolute atomic E-state index is 0.0327. The number of aliphatic carboxylic acids is 1. The molecule has 1 N–H and O–H groups in total. The Balaban J connectivity index is 1.99. The Morgan fingerprint density at radius 3 is 2.84 bits per heavy atom. The predicted molar refractivity (Wildman–Crippen MR) is 63.8 cm³/mol. The van der Waals surface area contributed by atoms with Crippen LogP contribution < -0.4 is 9.47 Å². The lowest BCUT2D eigenvalue weighted by molar-refractivity contribution is -0.142. The maximum absolute atomic E-state index is 11.7. The maximum atomic E-state index is 11.7. The topological polar surface area (TPSA) is 76.1 Å². The molecule has 0 unspecified atom stereocenters. The third-order valence-corrected chi connectivity index (χ3v) is 3.64. The number of hydrogen-bond acceptors (Lipinski definition) is 4. The zero-order chi connectivity index (χ0) is 13.6. The van der Waals surface area contributed by atoms with E-state index >= 15 is 0 Å². The second-order valence-corrected chi connectivity index (χ2v) is 4.71. The lowest BCUT2D eigenvalue weighted by atomic mass is 9.93. The van der Waals surface area contributed by atoms with Crippen LogP contribution in [0.2, 0.25) is 0 Å². The molecule has 0 spiro atoms. The molecule has 1 aromatic rings.